The second-order valence-electron chi connectivity index (χ2n) is 8.24. The number of rotatable bonds is 3. The Labute approximate surface area is 186 Å². The average Bonchev–Trinajstić information content (AvgIpc) is 3.04. The minimum Gasteiger partial charge on any atom is -0.384 e. The average molecular weight is 425 g/mol. The number of benzene rings is 1. The number of pyridine rings is 1. The van der Waals surface area contributed by atoms with Gasteiger partial charge < -0.3 is 10.6 Å². The lowest BCUT2D eigenvalue weighted by Crippen LogP contribution is -2.52. The van der Waals surface area contributed by atoms with E-state index >= 15 is 0 Å². The van der Waals surface area contributed by atoms with Crippen molar-refractivity contribution in [1.82, 2.24) is 4.98 Å². The van der Waals surface area contributed by atoms with Crippen LogP contribution in [0.3, 0.4) is 0 Å². The first-order valence-electron chi connectivity index (χ1n) is 10.9. The molecule has 3 heterocycles. The number of hydrogen-bond acceptors (Lipinski definition) is 6. The van der Waals surface area contributed by atoms with Crippen LogP contribution >= 0.6 is 0 Å². The molecule has 2 N–H and O–H groups in total. The summed E-state index contributed by atoms with van der Waals surface area (Å²) in [6.45, 7) is 2.50. The summed E-state index contributed by atoms with van der Waals surface area (Å²) in [7, 11) is 0. The highest BCUT2D eigenvalue weighted by Gasteiger charge is 2.62. The van der Waals surface area contributed by atoms with Gasteiger partial charge in [0, 0.05) is 41.7 Å². The Balaban J connectivity index is 1.88. The van der Waals surface area contributed by atoms with Crippen LogP contribution in [0, 0.1) is 11.3 Å². The van der Waals surface area contributed by atoms with Crippen molar-refractivity contribution in [2.75, 3.05) is 16.3 Å². The molecule has 160 valence electrons. The highest BCUT2D eigenvalue weighted by Crippen LogP contribution is 2.56. The highest BCUT2D eigenvalue weighted by atomic mass is 16.2. The zero-order valence-electron chi connectivity index (χ0n) is 17.8. The van der Waals surface area contributed by atoms with Crippen LogP contribution in [-0.2, 0) is 15.0 Å². The number of carbonyl (C=O) groups excluding carboxylic acids is 2. The van der Waals surface area contributed by atoms with E-state index in [0.717, 1.165) is 12.1 Å². The third kappa shape index (κ3) is 2.43. The maximum Gasteiger partial charge on any atom is 0.247 e. The normalized spacial score (nSPS) is 22.4. The van der Waals surface area contributed by atoms with E-state index in [9.17, 15) is 14.9 Å². The van der Waals surface area contributed by atoms with Gasteiger partial charge >= 0.3 is 0 Å². The number of nitrogens with zero attached hydrogens (tertiary/aromatic N) is 4. The van der Waals surface area contributed by atoms with Crippen LogP contribution in [0.4, 0.5) is 11.4 Å². The maximum atomic E-state index is 14.2. The first-order valence-corrected chi connectivity index (χ1v) is 10.9. The van der Waals surface area contributed by atoms with Crippen molar-refractivity contribution >= 4 is 23.1 Å². The molecule has 32 heavy (non-hydrogen) atoms. The van der Waals surface area contributed by atoms with Gasteiger partial charge in [0.1, 0.15) is 17.3 Å². The third-order valence-electron chi connectivity index (χ3n) is 6.53. The monoisotopic (exact) mass is 425 g/mol. The summed E-state index contributed by atoms with van der Waals surface area (Å²) < 4.78 is 0. The lowest BCUT2D eigenvalue weighted by atomic mass is 9.64. The Morgan fingerprint density at radius 2 is 2.00 bits per heavy atom. The van der Waals surface area contributed by atoms with Crippen molar-refractivity contribution in [3.63, 3.8) is 0 Å². The number of ketones is 1. The summed E-state index contributed by atoms with van der Waals surface area (Å²) in [5, 5.41) is 10.4. The molecule has 1 aromatic carbocycles. The van der Waals surface area contributed by atoms with Gasteiger partial charge in [-0.05, 0) is 37.5 Å². The fourth-order valence-corrected chi connectivity index (χ4v) is 5.35. The number of allylic oxidation sites excluding steroid dienone is 1. The number of Topliss-reactive ketones (excluding diaryl/α,β-unsaturated/α-hetero) is 1. The minimum atomic E-state index is -1.50. The summed E-state index contributed by atoms with van der Waals surface area (Å²) in [4.78, 5) is 35.3. The quantitative estimate of drug-likeness (QED) is 0.809. The smallest absolute Gasteiger partial charge is 0.247 e. The molecule has 7 nitrogen and oxygen atoms in total. The largest absolute Gasteiger partial charge is 0.384 e. The number of anilines is 2. The number of carbonyl (C=O) groups is 2. The van der Waals surface area contributed by atoms with Crippen LogP contribution in [0.5, 0.6) is 0 Å². The third-order valence-corrected chi connectivity index (χ3v) is 6.53. The van der Waals surface area contributed by atoms with Gasteiger partial charge in [0.2, 0.25) is 5.91 Å². The molecule has 2 aromatic rings. The highest BCUT2D eigenvalue weighted by molar-refractivity contribution is 6.20. The van der Waals surface area contributed by atoms with Gasteiger partial charge in [0.05, 0.1) is 17.5 Å². The van der Waals surface area contributed by atoms with E-state index in [1.54, 1.807) is 28.3 Å². The number of nitrogens with two attached hydrogens (primary N) is 1. The molecule has 1 amide bonds. The topological polar surface area (TPSA) is 103 Å². The molecule has 7 heteroatoms. The fraction of sp³-hybridized carbons (Fsp3) is 0.280. The SMILES string of the molecule is CCCN1C(=O)[C@@]2(C(C#N)=C(N)N(c3cccnc3)C3=C2C(=O)CCC3)c2ccccc21. The van der Waals surface area contributed by atoms with Gasteiger partial charge in [0.15, 0.2) is 5.78 Å². The van der Waals surface area contributed by atoms with Gasteiger partial charge in [-0.3, -0.25) is 19.5 Å². The molecular weight excluding hydrogens is 402 g/mol. The lowest BCUT2D eigenvalue weighted by Gasteiger charge is -2.43. The predicted octanol–water partition coefficient (Wildman–Crippen LogP) is 3.30. The van der Waals surface area contributed by atoms with E-state index in [4.69, 9.17) is 5.73 Å². The molecule has 1 spiro atoms. The van der Waals surface area contributed by atoms with E-state index in [1.165, 1.54) is 0 Å². The van der Waals surface area contributed by atoms with E-state index in [0.29, 0.717) is 48.3 Å². The second-order valence-corrected chi connectivity index (χ2v) is 8.24. The van der Waals surface area contributed by atoms with Crippen molar-refractivity contribution in [2.45, 2.75) is 38.0 Å². The van der Waals surface area contributed by atoms with Gasteiger partial charge in [0.25, 0.3) is 0 Å². The Kier molecular flexibility index (Phi) is 4.59. The minimum absolute atomic E-state index is 0.103. The summed E-state index contributed by atoms with van der Waals surface area (Å²) in [6.07, 6.45) is 5.63. The summed E-state index contributed by atoms with van der Waals surface area (Å²) in [5.41, 5.74) is 8.38. The number of nitriles is 1. The van der Waals surface area contributed by atoms with Gasteiger partial charge in [-0.15, -0.1) is 0 Å². The van der Waals surface area contributed by atoms with Gasteiger partial charge in [-0.2, -0.15) is 5.26 Å². The number of para-hydroxylation sites is 1. The number of hydrogen-bond donors (Lipinski definition) is 1. The van der Waals surface area contributed by atoms with Crippen molar-refractivity contribution in [2.24, 2.45) is 5.73 Å². The van der Waals surface area contributed by atoms with Crippen molar-refractivity contribution in [3.8, 4) is 6.07 Å². The Morgan fingerprint density at radius 3 is 2.72 bits per heavy atom. The lowest BCUT2D eigenvalue weighted by molar-refractivity contribution is -0.124. The molecule has 2 aliphatic heterocycles. The van der Waals surface area contributed by atoms with E-state index < -0.39 is 5.41 Å². The second kappa shape index (κ2) is 7.34. The Morgan fingerprint density at radius 1 is 1.19 bits per heavy atom. The van der Waals surface area contributed by atoms with Crippen LogP contribution in [-0.4, -0.2) is 23.2 Å². The Hall–Kier alpha value is -3.92. The molecule has 3 aliphatic rings. The van der Waals surface area contributed by atoms with Crippen molar-refractivity contribution in [3.05, 3.63) is 77.0 Å². The molecule has 0 radical (unpaired) electrons. The zero-order valence-corrected chi connectivity index (χ0v) is 17.8. The first-order chi connectivity index (χ1) is 15.6. The first kappa shape index (κ1) is 20.0. The van der Waals surface area contributed by atoms with Gasteiger partial charge in [-0.25, -0.2) is 0 Å². The number of aromatic nitrogens is 1. The molecule has 5 rings (SSSR count). The number of fused-ring (bicyclic) bond motifs is 3. The molecule has 0 fully saturated rings. The van der Waals surface area contributed by atoms with E-state index in [-0.39, 0.29) is 23.1 Å². The summed E-state index contributed by atoms with van der Waals surface area (Å²) >= 11 is 0. The molecular formula is C25H23N5O2. The van der Waals surface area contributed by atoms with Crippen LogP contribution in [0.1, 0.15) is 38.2 Å². The zero-order chi connectivity index (χ0) is 22.5. The standard InChI is InChI=1S/C25H23N5O2/c1-2-13-29-19-9-4-3-8-17(19)25(24(29)32)18(14-26)23(27)30(16-7-6-12-28-15-16)20-10-5-11-21(31)22(20)25/h3-4,6-9,12,15H,2,5,10-11,13,27H2,1H3/t25-/m1/s1. The predicted molar refractivity (Wildman–Crippen MR) is 120 cm³/mol. The molecule has 1 aliphatic carbocycles. The molecule has 0 saturated carbocycles. The van der Waals surface area contributed by atoms with Crippen LogP contribution in [0.15, 0.2) is 71.5 Å². The van der Waals surface area contributed by atoms with Crippen LogP contribution in [0.2, 0.25) is 0 Å². The summed E-state index contributed by atoms with van der Waals surface area (Å²) in [5.74, 6) is -0.203. The number of amides is 1. The molecule has 0 saturated heterocycles. The van der Waals surface area contributed by atoms with Gasteiger partial charge in [-0.1, -0.05) is 25.1 Å². The van der Waals surface area contributed by atoms with E-state index in [1.807, 2.05) is 37.3 Å². The fourth-order valence-electron chi connectivity index (χ4n) is 5.35. The summed E-state index contributed by atoms with van der Waals surface area (Å²) in [6, 6.07) is 13.3. The molecule has 0 bridgehead atoms. The van der Waals surface area contributed by atoms with Crippen LogP contribution in [0.25, 0.3) is 0 Å². The molecule has 1 aromatic heterocycles. The van der Waals surface area contributed by atoms with Crippen LogP contribution < -0.4 is 15.5 Å². The maximum absolute atomic E-state index is 14.2. The van der Waals surface area contributed by atoms with Crippen molar-refractivity contribution < 1.29 is 9.59 Å². The van der Waals surface area contributed by atoms with E-state index in [2.05, 4.69) is 11.1 Å². The molecule has 1 atom stereocenters. The van der Waals surface area contributed by atoms with Crippen molar-refractivity contribution in [1.29, 1.82) is 5.26 Å². The Bertz CT molecular complexity index is 1240. The molecule has 0 unspecified atom stereocenters.